The van der Waals surface area contributed by atoms with Gasteiger partial charge < -0.3 is 23.9 Å². The highest BCUT2D eigenvalue weighted by Gasteiger charge is 2.30. The van der Waals surface area contributed by atoms with Crippen LogP contribution in [0.1, 0.15) is 29.0 Å². The zero-order valence-corrected chi connectivity index (χ0v) is 18.4. The average Bonchev–Trinajstić information content (AvgIpc) is 3.52. The van der Waals surface area contributed by atoms with E-state index in [-0.39, 0.29) is 30.5 Å². The van der Waals surface area contributed by atoms with E-state index in [9.17, 15) is 14.4 Å². The maximum Gasteiger partial charge on any atom is 0.287 e. The van der Waals surface area contributed by atoms with Crippen molar-refractivity contribution in [2.45, 2.75) is 19.3 Å². The van der Waals surface area contributed by atoms with Crippen molar-refractivity contribution in [2.75, 3.05) is 41.0 Å². The number of aryl methyl sites for hydroxylation is 1. The summed E-state index contributed by atoms with van der Waals surface area (Å²) in [5.74, 6) is 0.614. The van der Waals surface area contributed by atoms with Gasteiger partial charge in [-0.25, -0.2) is 5.01 Å². The number of hydrogen-bond acceptors (Lipinski definition) is 7. The maximum absolute atomic E-state index is 12.8. The van der Waals surface area contributed by atoms with Crippen LogP contribution in [0.15, 0.2) is 34.9 Å². The van der Waals surface area contributed by atoms with Crippen LogP contribution in [0.4, 0.5) is 0 Å². The summed E-state index contributed by atoms with van der Waals surface area (Å²) in [6.07, 6.45) is 2.68. The van der Waals surface area contributed by atoms with Crippen LogP contribution in [0, 0.1) is 0 Å². The van der Waals surface area contributed by atoms with E-state index < -0.39 is 5.91 Å². The van der Waals surface area contributed by atoms with Gasteiger partial charge in [0.15, 0.2) is 17.3 Å². The summed E-state index contributed by atoms with van der Waals surface area (Å²) in [6.45, 7) is 0.646. The van der Waals surface area contributed by atoms with Crippen molar-refractivity contribution in [3.05, 3.63) is 41.9 Å². The number of benzene rings is 1. The summed E-state index contributed by atoms with van der Waals surface area (Å²) in [5.41, 5.74) is 0.843. The number of carbonyl (C=O) groups is 3. The number of nitrogens with one attached hydrogen (secondary N) is 1. The number of hydrazine groups is 1. The zero-order chi connectivity index (χ0) is 23.1. The molecule has 1 aliphatic heterocycles. The molecule has 1 aliphatic rings. The molecule has 0 radical (unpaired) electrons. The molecule has 0 aliphatic carbocycles. The molecule has 0 bridgehead atoms. The molecule has 2 aromatic rings. The van der Waals surface area contributed by atoms with E-state index in [1.165, 1.54) is 43.7 Å². The van der Waals surface area contributed by atoms with Gasteiger partial charge in [0.2, 0.25) is 11.7 Å². The summed E-state index contributed by atoms with van der Waals surface area (Å²) in [6, 6.07) is 6.69. The molecular formula is C22H27N3O7. The third-order valence-electron chi connectivity index (χ3n) is 5.10. The smallest absolute Gasteiger partial charge is 0.287 e. The molecule has 1 aromatic heterocycles. The zero-order valence-electron chi connectivity index (χ0n) is 18.4. The number of amides is 3. The molecule has 1 aromatic carbocycles. The molecule has 0 unspecified atom stereocenters. The van der Waals surface area contributed by atoms with E-state index in [2.05, 4.69) is 5.32 Å². The van der Waals surface area contributed by atoms with Gasteiger partial charge in [-0.2, -0.15) is 0 Å². The van der Waals surface area contributed by atoms with Gasteiger partial charge in [-0.3, -0.25) is 19.4 Å². The van der Waals surface area contributed by atoms with Gasteiger partial charge in [0.05, 0.1) is 34.1 Å². The largest absolute Gasteiger partial charge is 0.493 e. The molecule has 1 N–H and O–H groups in total. The van der Waals surface area contributed by atoms with Gasteiger partial charge in [0.1, 0.15) is 0 Å². The molecule has 0 atom stereocenters. The highest BCUT2D eigenvalue weighted by atomic mass is 16.5. The van der Waals surface area contributed by atoms with Crippen LogP contribution in [0.5, 0.6) is 17.2 Å². The number of hydrogen-bond donors (Lipinski definition) is 1. The first-order valence-electron chi connectivity index (χ1n) is 10.2. The molecule has 0 saturated carbocycles. The van der Waals surface area contributed by atoms with Crippen LogP contribution >= 0.6 is 0 Å². The van der Waals surface area contributed by atoms with E-state index in [0.717, 1.165) is 5.56 Å². The van der Waals surface area contributed by atoms with E-state index in [4.69, 9.17) is 18.6 Å². The Kier molecular flexibility index (Phi) is 7.58. The van der Waals surface area contributed by atoms with Gasteiger partial charge in [-0.05, 0) is 42.7 Å². The first-order valence-corrected chi connectivity index (χ1v) is 10.2. The van der Waals surface area contributed by atoms with Gasteiger partial charge in [-0.15, -0.1) is 0 Å². The Hall–Kier alpha value is -3.69. The third kappa shape index (κ3) is 5.13. The van der Waals surface area contributed by atoms with Gasteiger partial charge >= 0.3 is 0 Å². The Morgan fingerprint density at radius 2 is 1.66 bits per heavy atom. The standard InChI is InChI=1S/C22H27N3O7/c1-29-17-12-15(13-18(30-2)21(17)31-3)7-8-19(26)24-9-5-10-25(24)20(27)14-23-22(28)16-6-4-11-32-16/h4,6,11-13H,5,7-10,14H2,1-3H3,(H,23,28). The minimum Gasteiger partial charge on any atom is -0.493 e. The highest BCUT2D eigenvalue weighted by molar-refractivity contribution is 5.94. The van der Waals surface area contributed by atoms with Crippen LogP contribution in [-0.4, -0.2) is 68.7 Å². The quantitative estimate of drug-likeness (QED) is 0.625. The van der Waals surface area contributed by atoms with Crippen LogP contribution in [0.2, 0.25) is 0 Å². The van der Waals surface area contributed by atoms with Crippen LogP contribution in [-0.2, 0) is 16.0 Å². The molecule has 32 heavy (non-hydrogen) atoms. The second-order valence-corrected chi connectivity index (χ2v) is 7.08. The minimum absolute atomic E-state index is 0.123. The normalized spacial score (nSPS) is 13.1. The molecule has 10 heteroatoms. The fourth-order valence-corrected chi connectivity index (χ4v) is 3.53. The lowest BCUT2D eigenvalue weighted by molar-refractivity contribution is -0.157. The van der Waals surface area contributed by atoms with Crippen molar-refractivity contribution in [3.8, 4) is 17.2 Å². The summed E-state index contributed by atoms with van der Waals surface area (Å²) < 4.78 is 21.0. The van der Waals surface area contributed by atoms with Crippen molar-refractivity contribution in [1.29, 1.82) is 0 Å². The Morgan fingerprint density at radius 3 is 2.22 bits per heavy atom. The number of rotatable bonds is 9. The average molecular weight is 445 g/mol. The number of ether oxygens (including phenoxy) is 3. The van der Waals surface area contributed by atoms with Gasteiger partial charge in [0.25, 0.3) is 11.8 Å². The molecular weight excluding hydrogens is 418 g/mol. The molecule has 172 valence electrons. The summed E-state index contributed by atoms with van der Waals surface area (Å²) in [7, 11) is 4.59. The monoisotopic (exact) mass is 445 g/mol. The Balaban J connectivity index is 1.58. The molecule has 1 fully saturated rings. The highest BCUT2D eigenvalue weighted by Crippen LogP contribution is 2.38. The van der Waals surface area contributed by atoms with E-state index in [1.54, 1.807) is 18.2 Å². The fourth-order valence-electron chi connectivity index (χ4n) is 3.53. The second-order valence-electron chi connectivity index (χ2n) is 7.08. The van der Waals surface area contributed by atoms with E-state index in [0.29, 0.717) is 43.2 Å². The van der Waals surface area contributed by atoms with Crippen molar-refractivity contribution in [3.63, 3.8) is 0 Å². The lowest BCUT2D eigenvalue weighted by atomic mass is 10.1. The molecule has 10 nitrogen and oxygen atoms in total. The van der Waals surface area contributed by atoms with Gasteiger partial charge in [-0.1, -0.05) is 0 Å². The molecule has 3 rings (SSSR count). The van der Waals surface area contributed by atoms with Crippen LogP contribution in [0.25, 0.3) is 0 Å². The first kappa shape index (κ1) is 23.0. The third-order valence-corrected chi connectivity index (χ3v) is 5.10. The number of methoxy groups -OCH3 is 3. The number of nitrogens with zero attached hydrogens (tertiary/aromatic N) is 2. The minimum atomic E-state index is -0.483. The summed E-state index contributed by atoms with van der Waals surface area (Å²) in [4.78, 5) is 37.4. The first-order chi connectivity index (χ1) is 15.5. The van der Waals surface area contributed by atoms with E-state index >= 15 is 0 Å². The van der Waals surface area contributed by atoms with Crippen molar-refractivity contribution in [2.24, 2.45) is 0 Å². The summed E-state index contributed by atoms with van der Waals surface area (Å²) >= 11 is 0. The topological polar surface area (TPSA) is 111 Å². The fraction of sp³-hybridized carbons (Fsp3) is 0.409. The van der Waals surface area contributed by atoms with Crippen LogP contribution < -0.4 is 19.5 Å². The predicted octanol–water partition coefficient (Wildman–Crippen LogP) is 1.64. The Bertz CT molecular complexity index is 933. The van der Waals surface area contributed by atoms with Crippen molar-refractivity contribution >= 4 is 17.7 Å². The Labute approximate surface area is 186 Å². The lowest BCUT2D eigenvalue weighted by Gasteiger charge is -2.28. The molecule has 1 saturated heterocycles. The van der Waals surface area contributed by atoms with Gasteiger partial charge in [0, 0.05) is 19.5 Å². The predicted molar refractivity (Wildman–Crippen MR) is 114 cm³/mol. The van der Waals surface area contributed by atoms with E-state index in [1.807, 2.05) is 0 Å². The van der Waals surface area contributed by atoms with Crippen molar-refractivity contribution in [1.82, 2.24) is 15.3 Å². The van der Waals surface area contributed by atoms with Crippen LogP contribution in [0.3, 0.4) is 0 Å². The van der Waals surface area contributed by atoms with Crippen molar-refractivity contribution < 1.29 is 33.0 Å². The summed E-state index contributed by atoms with van der Waals surface area (Å²) in [5, 5.41) is 5.35. The molecule has 2 heterocycles. The maximum atomic E-state index is 12.8. The Morgan fingerprint density at radius 1 is 1.00 bits per heavy atom. The lowest BCUT2D eigenvalue weighted by Crippen LogP contribution is -2.48. The second kappa shape index (κ2) is 10.6. The number of furan rings is 1. The molecule has 0 spiro atoms. The SMILES string of the molecule is COc1cc(CCC(=O)N2CCCN2C(=O)CNC(=O)c2ccco2)cc(OC)c1OC. The number of carbonyl (C=O) groups excluding carboxylic acids is 3. The molecule has 3 amide bonds.